The van der Waals surface area contributed by atoms with E-state index in [1.807, 2.05) is 62.4 Å². The van der Waals surface area contributed by atoms with Crippen LogP contribution in [0.3, 0.4) is 0 Å². The van der Waals surface area contributed by atoms with Crippen molar-refractivity contribution in [1.82, 2.24) is 29.7 Å². The molecule has 0 atom stereocenters. The Hall–Kier alpha value is -4.40. The lowest BCUT2D eigenvalue weighted by Crippen LogP contribution is -2.15. The number of aromatic nitrogens is 6. The fourth-order valence-electron chi connectivity index (χ4n) is 3.74. The van der Waals surface area contributed by atoms with Crippen molar-refractivity contribution in [3.63, 3.8) is 0 Å². The van der Waals surface area contributed by atoms with Crippen LogP contribution in [0.15, 0.2) is 59.4 Å². The normalized spacial score (nSPS) is 11.1. The molecule has 0 aliphatic heterocycles. The third-order valence-electron chi connectivity index (χ3n) is 5.23. The molecule has 0 amide bonds. The summed E-state index contributed by atoms with van der Waals surface area (Å²) in [6.45, 7) is 4.43. The van der Waals surface area contributed by atoms with Gasteiger partial charge in [0, 0.05) is 11.3 Å². The standard InChI is InChI=1S/C24H22N6O3/c1-4-33-16-11-9-15(10-12-16)22-25-20(17-13-14(2)28-29-17)21-23(27-22)30(24(31)26-21)18-7-5-6-8-19(18)32-3/h5-13H,4H2,1-3H3,(H,26,31)(H,28,29). The van der Waals surface area contributed by atoms with E-state index in [0.29, 0.717) is 46.4 Å². The molecule has 0 fully saturated rings. The van der Waals surface area contributed by atoms with Gasteiger partial charge in [0.15, 0.2) is 11.5 Å². The van der Waals surface area contributed by atoms with Crippen LogP contribution >= 0.6 is 0 Å². The molecule has 0 radical (unpaired) electrons. The van der Waals surface area contributed by atoms with Crippen molar-refractivity contribution < 1.29 is 9.47 Å². The highest BCUT2D eigenvalue weighted by molar-refractivity contribution is 5.89. The number of imidazole rings is 1. The summed E-state index contributed by atoms with van der Waals surface area (Å²) in [6, 6.07) is 16.7. The summed E-state index contributed by atoms with van der Waals surface area (Å²) in [5, 5.41) is 7.30. The number of hydrogen-bond donors (Lipinski definition) is 2. The topological polar surface area (TPSA) is 111 Å². The predicted molar refractivity (Wildman–Crippen MR) is 125 cm³/mol. The first-order valence-corrected chi connectivity index (χ1v) is 10.5. The fraction of sp³-hybridized carbons (Fsp3) is 0.167. The number of nitrogens with zero attached hydrogens (tertiary/aromatic N) is 4. The predicted octanol–water partition coefficient (Wildman–Crippen LogP) is 3.88. The third-order valence-corrected chi connectivity index (χ3v) is 5.23. The van der Waals surface area contributed by atoms with Gasteiger partial charge in [0.1, 0.15) is 28.4 Å². The number of aromatic amines is 2. The summed E-state index contributed by atoms with van der Waals surface area (Å²) < 4.78 is 12.5. The quantitative estimate of drug-likeness (QED) is 0.413. The van der Waals surface area contributed by atoms with Gasteiger partial charge in [-0.3, -0.25) is 5.10 Å². The molecule has 0 bridgehead atoms. The Labute approximate surface area is 189 Å². The molecule has 5 rings (SSSR count). The Balaban J connectivity index is 1.79. The van der Waals surface area contributed by atoms with Gasteiger partial charge in [-0.2, -0.15) is 5.10 Å². The SMILES string of the molecule is CCOc1ccc(-c2nc(-c3cc(C)[nH]n3)c3[nH]c(=O)n(-c4ccccc4OC)c3n2)cc1. The van der Waals surface area contributed by atoms with E-state index in [9.17, 15) is 4.79 Å². The number of fused-ring (bicyclic) bond motifs is 1. The average Bonchev–Trinajstić information content (AvgIpc) is 3.41. The second-order valence-corrected chi connectivity index (χ2v) is 7.43. The Morgan fingerprint density at radius 3 is 2.55 bits per heavy atom. The van der Waals surface area contributed by atoms with Gasteiger partial charge in [-0.15, -0.1) is 0 Å². The van der Waals surface area contributed by atoms with Crippen LogP contribution in [0.1, 0.15) is 12.6 Å². The van der Waals surface area contributed by atoms with Gasteiger partial charge < -0.3 is 14.5 Å². The first-order valence-electron chi connectivity index (χ1n) is 10.5. The summed E-state index contributed by atoms with van der Waals surface area (Å²) in [5.41, 5.74) is 3.96. The molecule has 166 valence electrons. The van der Waals surface area contributed by atoms with Gasteiger partial charge in [0.05, 0.1) is 19.4 Å². The molecule has 5 aromatic rings. The summed E-state index contributed by atoms with van der Waals surface area (Å²) in [4.78, 5) is 25.6. The van der Waals surface area contributed by atoms with Gasteiger partial charge in [-0.05, 0) is 56.3 Å². The zero-order valence-electron chi connectivity index (χ0n) is 18.4. The van der Waals surface area contributed by atoms with Crippen molar-refractivity contribution in [1.29, 1.82) is 0 Å². The largest absolute Gasteiger partial charge is 0.495 e. The highest BCUT2D eigenvalue weighted by atomic mass is 16.5. The lowest BCUT2D eigenvalue weighted by atomic mass is 10.2. The van der Waals surface area contributed by atoms with Crippen molar-refractivity contribution in [3.8, 4) is 40.0 Å². The fourth-order valence-corrected chi connectivity index (χ4v) is 3.74. The molecule has 0 aliphatic rings. The Morgan fingerprint density at radius 1 is 1.06 bits per heavy atom. The molecule has 9 nitrogen and oxygen atoms in total. The van der Waals surface area contributed by atoms with Crippen molar-refractivity contribution in [2.24, 2.45) is 0 Å². The summed E-state index contributed by atoms with van der Waals surface area (Å²) in [6.07, 6.45) is 0. The lowest BCUT2D eigenvalue weighted by molar-refractivity contribution is 0.340. The zero-order chi connectivity index (χ0) is 22.9. The maximum atomic E-state index is 13.1. The number of H-pyrrole nitrogens is 2. The minimum Gasteiger partial charge on any atom is -0.495 e. The van der Waals surface area contributed by atoms with E-state index in [0.717, 1.165) is 17.0 Å². The summed E-state index contributed by atoms with van der Waals surface area (Å²) >= 11 is 0. The molecular weight excluding hydrogens is 420 g/mol. The molecule has 0 aliphatic carbocycles. The molecule has 0 saturated heterocycles. The molecular formula is C24H22N6O3. The Kier molecular flexibility index (Phi) is 5.14. The third kappa shape index (κ3) is 3.63. The maximum Gasteiger partial charge on any atom is 0.332 e. The first kappa shape index (κ1) is 20.5. The van der Waals surface area contributed by atoms with Crippen LogP contribution in [-0.4, -0.2) is 43.4 Å². The molecule has 3 aromatic heterocycles. The van der Waals surface area contributed by atoms with Gasteiger partial charge in [0.25, 0.3) is 0 Å². The number of aryl methyl sites for hydroxylation is 1. The second-order valence-electron chi connectivity index (χ2n) is 7.43. The van der Waals surface area contributed by atoms with Crippen molar-refractivity contribution in [2.45, 2.75) is 13.8 Å². The van der Waals surface area contributed by atoms with E-state index in [2.05, 4.69) is 15.2 Å². The van der Waals surface area contributed by atoms with Crippen LogP contribution in [0.5, 0.6) is 11.5 Å². The lowest BCUT2D eigenvalue weighted by Gasteiger charge is -2.10. The minimum absolute atomic E-state index is 0.346. The summed E-state index contributed by atoms with van der Waals surface area (Å²) in [7, 11) is 1.57. The van der Waals surface area contributed by atoms with Crippen molar-refractivity contribution >= 4 is 11.2 Å². The Bertz CT molecular complexity index is 1500. The van der Waals surface area contributed by atoms with Crippen LogP contribution in [0.25, 0.3) is 39.6 Å². The molecule has 0 unspecified atom stereocenters. The first-order chi connectivity index (χ1) is 16.1. The van der Waals surface area contributed by atoms with E-state index in [1.165, 1.54) is 4.57 Å². The molecule has 3 heterocycles. The number of rotatable bonds is 6. The van der Waals surface area contributed by atoms with Crippen LogP contribution in [-0.2, 0) is 0 Å². The van der Waals surface area contributed by atoms with Crippen molar-refractivity contribution in [3.05, 3.63) is 70.8 Å². The molecule has 2 N–H and O–H groups in total. The highest BCUT2D eigenvalue weighted by Gasteiger charge is 2.21. The van der Waals surface area contributed by atoms with Crippen LogP contribution in [0.4, 0.5) is 0 Å². The van der Waals surface area contributed by atoms with Gasteiger partial charge >= 0.3 is 5.69 Å². The smallest absolute Gasteiger partial charge is 0.332 e. The number of benzene rings is 2. The maximum absolute atomic E-state index is 13.1. The number of nitrogens with one attached hydrogen (secondary N) is 2. The Morgan fingerprint density at radius 2 is 1.85 bits per heavy atom. The number of methoxy groups -OCH3 is 1. The van der Waals surface area contributed by atoms with Crippen LogP contribution in [0, 0.1) is 6.92 Å². The number of ether oxygens (including phenoxy) is 2. The minimum atomic E-state index is -0.346. The van der Waals surface area contributed by atoms with Crippen LogP contribution < -0.4 is 15.2 Å². The molecule has 2 aromatic carbocycles. The van der Waals surface area contributed by atoms with E-state index < -0.39 is 0 Å². The second kappa shape index (κ2) is 8.27. The average molecular weight is 442 g/mol. The zero-order valence-corrected chi connectivity index (χ0v) is 18.4. The van der Waals surface area contributed by atoms with E-state index in [1.54, 1.807) is 13.2 Å². The van der Waals surface area contributed by atoms with Gasteiger partial charge in [0.2, 0.25) is 0 Å². The number of para-hydroxylation sites is 2. The highest BCUT2D eigenvalue weighted by Crippen LogP contribution is 2.30. The van der Waals surface area contributed by atoms with Crippen LogP contribution in [0.2, 0.25) is 0 Å². The van der Waals surface area contributed by atoms with Gasteiger partial charge in [-0.1, -0.05) is 12.1 Å². The monoisotopic (exact) mass is 442 g/mol. The van der Waals surface area contributed by atoms with Crippen molar-refractivity contribution in [2.75, 3.05) is 13.7 Å². The molecule has 0 saturated carbocycles. The molecule has 0 spiro atoms. The van der Waals surface area contributed by atoms with Gasteiger partial charge in [-0.25, -0.2) is 19.3 Å². The molecule has 9 heteroatoms. The van der Waals surface area contributed by atoms with E-state index in [-0.39, 0.29) is 5.69 Å². The van der Waals surface area contributed by atoms with E-state index >= 15 is 0 Å². The number of hydrogen-bond acceptors (Lipinski definition) is 6. The molecule has 33 heavy (non-hydrogen) atoms. The summed E-state index contributed by atoms with van der Waals surface area (Å²) in [5.74, 6) is 1.78. The van der Waals surface area contributed by atoms with E-state index in [4.69, 9.17) is 19.4 Å².